The molecule has 2 aromatic heterocycles. The smallest absolute Gasteiger partial charge is 0.222 e. The molecule has 3 aromatic rings. The molecule has 0 radical (unpaired) electrons. The highest BCUT2D eigenvalue weighted by molar-refractivity contribution is 7.99. The Bertz CT molecular complexity index is 1070. The van der Waals surface area contributed by atoms with E-state index in [1.54, 1.807) is 6.07 Å². The molecule has 1 aromatic carbocycles. The number of aromatic nitrogens is 4. The van der Waals surface area contributed by atoms with Crippen molar-refractivity contribution in [3.63, 3.8) is 0 Å². The number of hydrogen-bond donors (Lipinski definition) is 1. The van der Waals surface area contributed by atoms with Gasteiger partial charge in [0.15, 0.2) is 5.82 Å². The van der Waals surface area contributed by atoms with Gasteiger partial charge in [-0.05, 0) is 49.1 Å². The zero-order valence-corrected chi connectivity index (χ0v) is 19.3. The first kappa shape index (κ1) is 21.8. The zero-order valence-electron chi connectivity index (χ0n) is 18.5. The molecule has 1 amide bonds. The monoisotopic (exact) mass is 439 g/mol. The van der Waals surface area contributed by atoms with E-state index in [-0.39, 0.29) is 11.3 Å². The number of benzene rings is 1. The molecule has 31 heavy (non-hydrogen) atoms. The molecule has 1 N–H and O–H groups in total. The fourth-order valence-corrected chi connectivity index (χ4v) is 4.63. The van der Waals surface area contributed by atoms with Crippen molar-refractivity contribution in [3.8, 4) is 0 Å². The summed E-state index contributed by atoms with van der Waals surface area (Å²) in [5.74, 6) is 2.04. The Labute approximate surface area is 187 Å². The Hall–Kier alpha value is -2.45. The van der Waals surface area contributed by atoms with E-state index in [4.69, 9.17) is 9.72 Å². The first-order valence-electron chi connectivity index (χ1n) is 10.7. The molecule has 0 saturated carbocycles. The van der Waals surface area contributed by atoms with Gasteiger partial charge in [-0.25, -0.2) is 4.98 Å². The molecule has 3 heterocycles. The molecule has 1 saturated heterocycles. The lowest BCUT2D eigenvalue weighted by Gasteiger charge is -2.26. The van der Waals surface area contributed by atoms with Gasteiger partial charge in [-0.15, -0.1) is 10.2 Å². The van der Waals surface area contributed by atoms with Crippen LogP contribution in [-0.4, -0.2) is 38.9 Å². The minimum absolute atomic E-state index is 0.0392. The molecule has 8 heteroatoms. The predicted molar refractivity (Wildman–Crippen MR) is 122 cm³/mol. The second kappa shape index (κ2) is 8.96. The second-order valence-electron chi connectivity index (χ2n) is 9.04. The highest BCUT2D eigenvalue weighted by atomic mass is 32.2. The molecule has 1 aliphatic heterocycles. The number of carbonyl (C=O) groups is 1. The minimum atomic E-state index is -0.161. The summed E-state index contributed by atoms with van der Waals surface area (Å²) in [6, 6.07) is 10.0. The van der Waals surface area contributed by atoms with E-state index < -0.39 is 0 Å². The quantitative estimate of drug-likeness (QED) is 0.623. The number of nitrogens with one attached hydrogen (secondary N) is 1. The van der Waals surface area contributed by atoms with E-state index in [1.165, 1.54) is 24.2 Å². The number of imidazole rings is 1. The van der Waals surface area contributed by atoms with Crippen LogP contribution in [0.1, 0.15) is 46.4 Å². The van der Waals surface area contributed by atoms with Crippen LogP contribution in [0.3, 0.4) is 0 Å². The van der Waals surface area contributed by atoms with E-state index in [0.717, 1.165) is 53.9 Å². The number of amides is 1. The molecule has 0 spiro atoms. The highest BCUT2D eigenvalue weighted by Crippen LogP contribution is 2.33. The van der Waals surface area contributed by atoms with Gasteiger partial charge in [0.2, 0.25) is 5.91 Å². The molecule has 0 atom stereocenters. The summed E-state index contributed by atoms with van der Waals surface area (Å²) in [4.78, 5) is 17.2. The van der Waals surface area contributed by atoms with Crippen LogP contribution in [0.15, 0.2) is 40.3 Å². The summed E-state index contributed by atoms with van der Waals surface area (Å²) in [5, 5.41) is 11.7. The SMILES string of the molecule is CC(=O)Nc1ccc(Sc2ccc3c(c2)nc(C(C)(C)C)n3CC2CCOCC2)nn1. The summed E-state index contributed by atoms with van der Waals surface area (Å²) in [6.45, 7) is 10.8. The second-order valence-corrected chi connectivity index (χ2v) is 10.1. The van der Waals surface area contributed by atoms with Crippen LogP contribution in [0.4, 0.5) is 5.82 Å². The molecule has 1 fully saturated rings. The van der Waals surface area contributed by atoms with Gasteiger partial charge >= 0.3 is 0 Å². The average Bonchev–Trinajstić information content (AvgIpc) is 3.08. The van der Waals surface area contributed by atoms with Crippen LogP contribution < -0.4 is 5.32 Å². The standard InChI is InChI=1S/C23H29N5O2S/c1-15(29)24-20-7-8-21(27-26-20)31-17-5-6-19-18(13-17)25-22(23(2,3)4)28(19)14-16-9-11-30-12-10-16/h5-8,13,16H,9-12,14H2,1-4H3,(H,24,26,29). The van der Waals surface area contributed by atoms with Gasteiger partial charge in [0.1, 0.15) is 10.9 Å². The summed E-state index contributed by atoms with van der Waals surface area (Å²) < 4.78 is 7.95. The number of ether oxygens (including phenoxy) is 1. The van der Waals surface area contributed by atoms with E-state index in [0.29, 0.717) is 11.7 Å². The third kappa shape index (κ3) is 5.25. The van der Waals surface area contributed by atoms with Crippen molar-refractivity contribution in [2.45, 2.75) is 62.4 Å². The average molecular weight is 440 g/mol. The van der Waals surface area contributed by atoms with Gasteiger partial charge in [-0.2, -0.15) is 0 Å². The van der Waals surface area contributed by atoms with E-state index in [9.17, 15) is 4.79 Å². The van der Waals surface area contributed by atoms with Crippen molar-refractivity contribution >= 4 is 34.5 Å². The lowest BCUT2D eigenvalue weighted by atomic mass is 9.94. The summed E-state index contributed by atoms with van der Waals surface area (Å²) in [6.07, 6.45) is 2.20. The largest absolute Gasteiger partial charge is 0.381 e. The highest BCUT2D eigenvalue weighted by Gasteiger charge is 2.25. The summed E-state index contributed by atoms with van der Waals surface area (Å²) in [7, 11) is 0. The first-order chi connectivity index (χ1) is 14.8. The van der Waals surface area contributed by atoms with Crippen LogP contribution in [0.5, 0.6) is 0 Å². The van der Waals surface area contributed by atoms with Gasteiger partial charge in [0, 0.05) is 37.0 Å². The Morgan fingerprint density at radius 1 is 1.19 bits per heavy atom. The molecule has 0 aliphatic carbocycles. The Morgan fingerprint density at radius 2 is 1.97 bits per heavy atom. The Morgan fingerprint density at radius 3 is 2.61 bits per heavy atom. The molecular formula is C23H29N5O2S. The van der Waals surface area contributed by atoms with Gasteiger partial charge in [-0.1, -0.05) is 32.5 Å². The topological polar surface area (TPSA) is 81.9 Å². The van der Waals surface area contributed by atoms with E-state index >= 15 is 0 Å². The Balaban J connectivity index is 1.60. The molecule has 164 valence electrons. The van der Waals surface area contributed by atoms with Gasteiger partial charge < -0.3 is 14.6 Å². The molecular weight excluding hydrogens is 410 g/mol. The van der Waals surface area contributed by atoms with E-state index in [1.807, 2.05) is 6.07 Å². The van der Waals surface area contributed by atoms with Gasteiger partial charge in [0.05, 0.1) is 11.0 Å². The fourth-order valence-electron chi connectivity index (χ4n) is 3.86. The number of hydrogen-bond acceptors (Lipinski definition) is 6. The van der Waals surface area contributed by atoms with Crippen molar-refractivity contribution in [2.24, 2.45) is 5.92 Å². The summed E-state index contributed by atoms with van der Waals surface area (Å²) in [5.41, 5.74) is 2.14. The number of nitrogens with zero attached hydrogens (tertiary/aromatic N) is 4. The maximum atomic E-state index is 11.1. The summed E-state index contributed by atoms with van der Waals surface area (Å²) >= 11 is 1.54. The van der Waals surface area contributed by atoms with Crippen molar-refractivity contribution < 1.29 is 9.53 Å². The third-order valence-electron chi connectivity index (χ3n) is 5.34. The third-order valence-corrected chi connectivity index (χ3v) is 6.26. The van der Waals surface area contributed by atoms with Gasteiger partial charge in [0.25, 0.3) is 0 Å². The van der Waals surface area contributed by atoms with Crippen LogP contribution in [0.25, 0.3) is 11.0 Å². The van der Waals surface area contributed by atoms with Crippen molar-refractivity contribution in [1.82, 2.24) is 19.7 Å². The maximum Gasteiger partial charge on any atom is 0.222 e. The maximum absolute atomic E-state index is 11.1. The first-order valence-corrected chi connectivity index (χ1v) is 11.5. The molecule has 7 nitrogen and oxygen atoms in total. The molecule has 0 bridgehead atoms. The van der Waals surface area contributed by atoms with Crippen molar-refractivity contribution in [1.29, 1.82) is 0 Å². The van der Waals surface area contributed by atoms with Crippen molar-refractivity contribution in [3.05, 3.63) is 36.2 Å². The lowest BCUT2D eigenvalue weighted by Crippen LogP contribution is -2.25. The van der Waals surface area contributed by atoms with Gasteiger partial charge in [-0.3, -0.25) is 4.79 Å². The normalized spacial score (nSPS) is 15.4. The zero-order chi connectivity index (χ0) is 22.0. The van der Waals surface area contributed by atoms with Crippen LogP contribution >= 0.6 is 11.8 Å². The number of rotatable bonds is 5. The fraction of sp³-hybridized carbons (Fsp3) is 0.478. The predicted octanol–water partition coefficient (Wildman–Crippen LogP) is 4.66. The van der Waals surface area contributed by atoms with Crippen LogP contribution in [0, 0.1) is 5.92 Å². The number of carbonyl (C=O) groups excluding carboxylic acids is 1. The number of fused-ring (bicyclic) bond motifs is 1. The molecule has 0 unspecified atom stereocenters. The number of anilines is 1. The van der Waals surface area contributed by atoms with Crippen LogP contribution in [0.2, 0.25) is 0 Å². The van der Waals surface area contributed by atoms with Crippen molar-refractivity contribution in [2.75, 3.05) is 18.5 Å². The Kier molecular flexibility index (Phi) is 6.29. The van der Waals surface area contributed by atoms with E-state index in [2.05, 4.69) is 59.1 Å². The lowest BCUT2D eigenvalue weighted by molar-refractivity contribution is -0.114. The minimum Gasteiger partial charge on any atom is -0.381 e. The molecule has 4 rings (SSSR count). The van der Waals surface area contributed by atoms with Crippen LogP contribution in [-0.2, 0) is 21.5 Å². The molecule has 1 aliphatic rings.